The van der Waals surface area contributed by atoms with Crippen molar-refractivity contribution in [3.8, 4) is 11.1 Å². The van der Waals surface area contributed by atoms with Crippen LogP contribution in [0.3, 0.4) is 0 Å². The molecule has 0 aliphatic heterocycles. The molecule has 0 amide bonds. The number of nitrogens with zero attached hydrogens (tertiary/aromatic N) is 4. The fourth-order valence-electron chi connectivity index (χ4n) is 2.83. The molecule has 0 unspecified atom stereocenters. The lowest BCUT2D eigenvalue weighted by Gasteiger charge is -2.02. The predicted molar refractivity (Wildman–Crippen MR) is 84.4 cm³/mol. The molecule has 0 bridgehead atoms. The van der Waals surface area contributed by atoms with E-state index in [1.54, 1.807) is 12.4 Å². The summed E-state index contributed by atoms with van der Waals surface area (Å²) >= 11 is 0. The molecule has 1 fully saturated rings. The Morgan fingerprint density at radius 2 is 1.86 bits per heavy atom. The molecule has 5 rings (SSSR count). The Hall–Kier alpha value is -2.82. The van der Waals surface area contributed by atoms with Crippen LogP contribution in [0, 0.1) is 0 Å². The van der Waals surface area contributed by atoms with E-state index in [0.717, 1.165) is 39.0 Å². The Balaban J connectivity index is 1.67. The molecule has 0 spiro atoms. The molecule has 5 heteroatoms. The third-order valence-electron chi connectivity index (χ3n) is 4.17. The first-order valence-electron chi connectivity index (χ1n) is 7.44. The Bertz CT molecular complexity index is 1000. The minimum atomic E-state index is 0.562. The molecule has 0 saturated heterocycles. The van der Waals surface area contributed by atoms with Gasteiger partial charge in [0, 0.05) is 41.7 Å². The van der Waals surface area contributed by atoms with Crippen LogP contribution >= 0.6 is 0 Å². The highest BCUT2D eigenvalue weighted by Gasteiger charge is 2.26. The van der Waals surface area contributed by atoms with Crippen molar-refractivity contribution < 1.29 is 0 Å². The van der Waals surface area contributed by atoms with Gasteiger partial charge in [0.1, 0.15) is 11.5 Å². The summed E-state index contributed by atoms with van der Waals surface area (Å²) in [6.45, 7) is 0. The van der Waals surface area contributed by atoms with Crippen LogP contribution in [-0.4, -0.2) is 24.9 Å². The monoisotopic (exact) mass is 287 g/mol. The van der Waals surface area contributed by atoms with Crippen molar-refractivity contribution >= 4 is 22.1 Å². The van der Waals surface area contributed by atoms with Gasteiger partial charge in [0.25, 0.3) is 0 Å². The Labute approximate surface area is 126 Å². The van der Waals surface area contributed by atoms with Crippen LogP contribution < -0.4 is 0 Å². The van der Waals surface area contributed by atoms with Gasteiger partial charge in [-0.1, -0.05) is 6.07 Å². The summed E-state index contributed by atoms with van der Waals surface area (Å²) in [6.07, 6.45) is 9.77. The molecular formula is C17H13N5. The second-order valence-corrected chi connectivity index (χ2v) is 5.73. The number of aromatic amines is 1. The van der Waals surface area contributed by atoms with Crippen LogP contribution in [0.4, 0.5) is 0 Å². The molecule has 1 N–H and O–H groups in total. The van der Waals surface area contributed by atoms with Gasteiger partial charge in [0.2, 0.25) is 0 Å². The van der Waals surface area contributed by atoms with E-state index < -0.39 is 0 Å². The third-order valence-corrected chi connectivity index (χ3v) is 4.17. The number of benzene rings is 1. The topological polar surface area (TPSA) is 67.3 Å². The summed E-state index contributed by atoms with van der Waals surface area (Å²) in [5.74, 6) is 1.53. The van der Waals surface area contributed by atoms with Crippen molar-refractivity contribution in [2.24, 2.45) is 0 Å². The fourth-order valence-corrected chi connectivity index (χ4v) is 2.83. The van der Waals surface area contributed by atoms with Gasteiger partial charge in [-0.15, -0.1) is 0 Å². The lowest BCUT2D eigenvalue weighted by atomic mass is 10.1. The van der Waals surface area contributed by atoms with E-state index in [1.165, 1.54) is 12.8 Å². The highest BCUT2D eigenvalue weighted by molar-refractivity contribution is 5.95. The van der Waals surface area contributed by atoms with E-state index in [0.29, 0.717) is 5.92 Å². The highest BCUT2D eigenvalue weighted by atomic mass is 15.0. The maximum absolute atomic E-state index is 4.65. The number of aromatic nitrogens is 5. The standard InChI is InChI=1S/C17H13N5/c1-2-10(1)16-20-9-13-12(8-21-17(13)22-16)11-3-4-14-15(7-11)19-6-5-18-14/h3-10H,1-2H2,(H,20,21,22). The number of fused-ring (bicyclic) bond motifs is 2. The van der Waals surface area contributed by atoms with E-state index in [-0.39, 0.29) is 0 Å². The van der Waals surface area contributed by atoms with E-state index in [1.807, 2.05) is 18.5 Å². The quantitative estimate of drug-likeness (QED) is 0.613. The van der Waals surface area contributed by atoms with Gasteiger partial charge in [-0.3, -0.25) is 9.97 Å². The fraction of sp³-hybridized carbons (Fsp3) is 0.176. The molecule has 106 valence electrons. The number of hydrogen-bond acceptors (Lipinski definition) is 4. The lowest BCUT2D eigenvalue weighted by molar-refractivity contribution is 0.943. The molecule has 5 nitrogen and oxygen atoms in total. The molecule has 22 heavy (non-hydrogen) atoms. The van der Waals surface area contributed by atoms with Gasteiger partial charge < -0.3 is 4.98 Å². The van der Waals surface area contributed by atoms with Crippen LogP contribution in [0.1, 0.15) is 24.6 Å². The summed E-state index contributed by atoms with van der Waals surface area (Å²) in [7, 11) is 0. The predicted octanol–water partition coefficient (Wildman–Crippen LogP) is 3.45. The summed E-state index contributed by atoms with van der Waals surface area (Å²) in [4.78, 5) is 21.1. The summed E-state index contributed by atoms with van der Waals surface area (Å²) in [6, 6.07) is 6.12. The maximum Gasteiger partial charge on any atom is 0.141 e. The molecule has 1 saturated carbocycles. The molecule has 0 radical (unpaired) electrons. The van der Waals surface area contributed by atoms with Crippen molar-refractivity contribution in [3.63, 3.8) is 0 Å². The first-order valence-corrected chi connectivity index (χ1v) is 7.44. The van der Waals surface area contributed by atoms with Crippen LogP contribution in [0.25, 0.3) is 33.2 Å². The zero-order chi connectivity index (χ0) is 14.5. The molecule has 3 heterocycles. The average molecular weight is 287 g/mol. The average Bonchev–Trinajstić information content (AvgIpc) is 3.34. The number of rotatable bonds is 2. The van der Waals surface area contributed by atoms with Crippen molar-refractivity contribution in [3.05, 3.63) is 48.8 Å². The largest absolute Gasteiger partial charge is 0.345 e. The number of nitrogens with one attached hydrogen (secondary N) is 1. The first-order chi connectivity index (χ1) is 10.9. The first kappa shape index (κ1) is 11.8. The third kappa shape index (κ3) is 1.79. The number of H-pyrrole nitrogens is 1. The van der Waals surface area contributed by atoms with E-state index in [9.17, 15) is 0 Å². The van der Waals surface area contributed by atoms with Crippen LogP contribution in [0.15, 0.2) is 43.0 Å². The minimum Gasteiger partial charge on any atom is -0.345 e. The number of hydrogen-bond donors (Lipinski definition) is 1. The summed E-state index contributed by atoms with van der Waals surface area (Å²) < 4.78 is 0. The smallest absolute Gasteiger partial charge is 0.141 e. The minimum absolute atomic E-state index is 0.562. The van der Waals surface area contributed by atoms with Gasteiger partial charge in [-0.2, -0.15) is 0 Å². The highest BCUT2D eigenvalue weighted by Crippen LogP contribution is 2.38. The zero-order valence-electron chi connectivity index (χ0n) is 11.8. The van der Waals surface area contributed by atoms with Crippen molar-refractivity contribution in [2.75, 3.05) is 0 Å². The molecule has 1 aliphatic carbocycles. The molecule has 3 aromatic heterocycles. The molecular weight excluding hydrogens is 274 g/mol. The van der Waals surface area contributed by atoms with Crippen LogP contribution in [-0.2, 0) is 0 Å². The maximum atomic E-state index is 4.65. The summed E-state index contributed by atoms with van der Waals surface area (Å²) in [5.41, 5.74) is 4.90. The Morgan fingerprint density at radius 1 is 1.00 bits per heavy atom. The van der Waals surface area contributed by atoms with Crippen molar-refractivity contribution in [1.82, 2.24) is 24.9 Å². The van der Waals surface area contributed by atoms with Crippen molar-refractivity contribution in [2.45, 2.75) is 18.8 Å². The second-order valence-electron chi connectivity index (χ2n) is 5.73. The Morgan fingerprint density at radius 3 is 2.73 bits per heavy atom. The van der Waals surface area contributed by atoms with Gasteiger partial charge in [0.05, 0.1) is 11.0 Å². The molecule has 0 atom stereocenters. The SMILES string of the molecule is c1cnc2cc(-c3c[nH]c4nc(C5CC5)ncc34)ccc2n1. The Kier molecular flexibility index (Phi) is 2.33. The van der Waals surface area contributed by atoms with Gasteiger partial charge in [-0.25, -0.2) is 9.97 Å². The van der Waals surface area contributed by atoms with Crippen LogP contribution in [0.5, 0.6) is 0 Å². The van der Waals surface area contributed by atoms with E-state index >= 15 is 0 Å². The molecule has 1 aromatic carbocycles. The lowest BCUT2D eigenvalue weighted by Crippen LogP contribution is -1.91. The van der Waals surface area contributed by atoms with Gasteiger partial charge in [0.15, 0.2) is 0 Å². The van der Waals surface area contributed by atoms with E-state index in [2.05, 4.69) is 37.1 Å². The molecule has 1 aliphatic rings. The normalized spacial score (nSPS) is 14.7. The summed E-state index contributed by atoms with van der Waals surface area (Å²) in [5, 5.41) is 1.05. The van der Waals surface area contributed by atoms with Gasteiger partial charge >= 0.3 is 0 Å². The molecule has 4 aromatic rings. The van der Waals surface area contributed by atoms with Crippen LogP contribution in [0.2, 0.25) is 0 Å². The van der Waals surface area contributed by atoms with Crippen molar-refractivity contribution in [1.29, 1.82) is 0 Å². The van der Waals surface area contributed by atoms with E-state index in [4.69, 9.17) is 0 Å². The second kappa shape index (κ2) is 4.34. The zero-order valence-corrected chi connectivity index (χ0v) is 11.8. The van der Waals surface area contributed by atoms with Gasteiger partial charge in [-0.05, 0) is 30.5 Å².